The van der Waals surface area contributed by atoms with Crippen LogP contribution in [0.4, 0.5) is 5.69 Å². The maximum absolute atomic E-state index is 12.5. The van der Waals surface area contributed by atoms with E-state index in [0.717, 1.165) is 13.1 Å². The van der Waals surface area contributed by atoms with Crippen LogP contribution < -0.4 is 10.0 Å². The minimum Gasteiger partial charge on any atom is -0.326 e. The number of carbonyl (C=O) groups excluding carboxylic acids is 1. The minimum absolute atomic E-state index is 0.0923. The second kappa shape index (κ2) is 10.0. The Morgan fingerprint density at radius 3 is 2.33 bits per heavy atom. The van der Waals surface area contributed by atoms with Gasteiger partial charge in [0.2, 0.25) is 15.9 Å². The van der Waals surface area contributed by atoms with E-state index in [-0.39, 0.29) is 16.8 Å². The van der Waals surface area contributed by atoms with Gasteiger partial charge < -0.3 is 10.2 Å². The lowest BCUT2D eigenvalue weighted by atomic mass is 10.1. The van der Waals surface area contributed by atoms with Crippen molar-refractivity contribution >= 4 is 33.2 Å². The van der Waals surface area contributed by atoms with Gasteiger partial charge in [0.15, 0.2) is 0 Å². The summed E-state index contributed by atoms with van der Waals surface area (Å²) in [4.78, 5) is 14.5. The number of benzene rings is 2. The first-order chi connectivity index (χ1) is 14.4. The predicted octanol–water partition coefficient (Wildman–Crippen LogP) is 2.98. The van der Waals surface area contributed by atoms with E-state index in [9.17, 15) is 13.2 Å². The number of piperidine rings is 1. The van der Waals surface area contributed by atoms with E-state index >= 15 is 0 Å². The lowest BCUT2D eigenvalue weighted by Gasteiger charge is -2.32. The molecule has 1 aliphatic heterocycles. The second-order valence-electron chi connectivity index (χ2n) is 7.18. The molecular formula is C21H23ClN4O3S. The highest BCUT2D eigenvalue weighted by Gasteiger charge is 2.24. The van der Waals surface area contributed by atoms with Crippen LogP contribution in [0.2, 0.25) is 5.02 Å². The van der Waals surface area contributed by atoms with Gasteiger partial charge in [0.1, 0.15) is 0 Å². The Balaban J connectivity index is 1.41. The van der Waals surface area contributed by atoms with Gasteiger partial charge in [-0.25, -0.2) is 13.1 Å². The van der Waals surface area contributed by atoms with Crippen molar-refractivity contribution in [2.75, 3.05) is 25.0 Å². The lowest BCUT2D eigenvalue weighted by molar-refractivity contribution is -0.116. The van der Waals surface area contributed by atoms with Gasteiger partial charge in [-0.3, -0.25) is 4.79 Å². The van der Waals surface area contributed by atoms with E-state index in [1.807, 2.05) is 6.07 Å². The van der Waals surface area contributed by atoms with Crippen LogP contribution in [0.3, 0.4) is 0 Å². The first-order valence-corrected chi connectivity index (χ1v) is 11.5. The van der Waals surface area contributed by atoms with Crippen molar-refractivity contribution in [2.24, 2.45) is 0 Å². The molecule has 30 heavy (non-hydrogen) atoms. The Kier molecular flexibility index (Phi) is 7.45. The molecule has 0 aromatic heterocycles. The van der Waals surface area contributed by atoms with E-state index in [0.29, 0.717) is 42.1 Å². The summed E-state index contributed by atoms with van der Waals surface area (Å²) in [7, 11) is -3.57. The van der Waals surface area contributed by atoms with Gasteiger partial charge in [-0.1, -0.05) is 11.6 Å². The Labute approximate surface area is 181 Å². The number of nitriles is 1. The van der Waals surface area contributed by atoms with Gasteiger partial charge >= 0.3 is 0 Å². The number of sulfonamides is 1. The molecule has 0 saturated carbocycles. The largest absolute Gasteiger partial charge is 0.326 e. The fourth-order valence-electron chi connectivity index (χ4n) is 3.29. The summed E-state index contributed by atoms with van der Waals surface area (Å²) < 4.78 is 27.7. The van der Waals surface area contributed by atoms with E-state index in [1.54, 1.807) is 36.4 Å². The Morgan fingerprint density at radius 1 is 1.10 bits per heavy atom. The van der Waals surface area contributed by atoms with Crippen molar-refractivity contribution in [1.29, 1.82) is 5.26 Å². The average molecular weight is 447 g/mol. The van der Waals surface area contributed by atoms with E-state index in [4.69, 9.17) is 16.9 Å². The zero-order valence-corrected chi connectivity index (χ0v) is 17.9. The van der Waals surface area contributed by atoms with Gasteiger partial charge in [0.05, 0.1) is 16.5 Å². The van der Waals surface area contributed by atoms with Crippen LogP contribution in [0.15, 0.2) is 53.4 Å². The van der Waals surface area contributed by atoms with Crippen molar-refractivity contribution < 1.29 is 13.2 Å². The molecule has 0 unspecified atom stereocenters. The number of carbonyl (C=O) groups is 1. The molecule has 0 radical (unpaired) electrons. The number of hydrogen-bond donors (Lipinski definition) is 2. The normalized spacial score (nSPS) is 15.5. The molecule has 0 aliphatic carbocycles. The molecule has 0 spiro atoms. The van der Waals surface area contributed by atoms with Gasteiger partial charge in [0.25, 0.3) is 0 Å². The number of nitrogens with one attached hydrogen (secondary N) is 2. The van der Waals surface area contributed by atoms with E-state index in [1.165, 1.54) is 12.1 Å². The molecule has 2 aromatic carbocycles. The summed E-state index contributed by atoms with van der Waals surface area (Å²) in [5.41, 5.74) is 1.21. The van der Waals surface area contributed by atoms with E-state index in [2.05, 4.69) is 14.9 Å². The minimum atomic E-state index is -3.57. The monoisotopic (exact) mass is 446 g/mol. The molecular weight excluding hydrogens is 424 g/mol. The Morgan fingerprint density at radius 2 is 1.73 bits per heavy atom. The molecule has 2 aromatic rings. The highest BCUT2D eigenvalue weighted by Crippen LogP contribution is 2.17. The molecule has 7 nitrogen and oxygen atoms in total. The summed E-state index contributed by atoms with van der Waals surface area (Å²) in [6, 6.07) is 14.7. The number of nitrogens with zero attached hydrogens (tertiary/aromatic N) is 2. The quantitative estimate of drug-likeness (QED) is 0.680. The van der Waals surface area contributed by atoms with Crippen LogP contribution >= 0.6 is 11.6 Å². The Hall–Kier alpha value is -2.44. The maximum atomic E-state index is 12.5. The van der Waals surface area contributed by atoms with Crippen molar-refractivity contribution in [3.05, 3.63) is 59.1 Å². The molecule has 158 valence electrons. The van der Waals surface area contributed by atoms with E-state index < -0.39 is 10.0 Å². The van der Waals surface area contributed by atoms with Crippen molar-refractivity contribution in [3.63, 3.8) is 0 Å². The third kappa shape index (κ3) is 6.28. The van der Waals surface area contributed by atoms with Gasteiger partial charge in [-0.05, 0) is 74.5 Å². The lowest BCUT2D eigenvalue weighted by Crippen LogP contribution is -2.45. The van der Waals surface area contributed by atoms with Crippen LogP contribution in [0.1, 0.15) is 24.8 Å². The summed E-state index contributed by atoms with van der Waals surface area (Å²) >= 11 is 5.82. The topological polar surface area (TPSA) is 102 Å². The Bertz CT molecular complexity index is 1010. The van der Waals surface area contributed by atoms with Crippen molar-refractivity contribution in [3.8, 4) is 6.07 Å². The summed E-state index contributed by atoms with van der Waals surface area (Å²) in [5, 5.41) is 12.1. The highest BCUT2D eigenvalue weighted by atomic mass is 35.5. The standard InChI is InChI=1S/C21H23ClN4O3S/c22-17-3-7-20(8-4-17)30(28,29)25-19-9-12-26(13-10-19)14-11-21(27)24-18-5-1-16(15-23)2-6-18/h1-8,19,25H,9-14H2,(H,24,27). The first-order valence-electron chi connectivity index (χ1n) is 9.66. The van der Waals surface area contributed by atoms with Crippen molar-refractivity contribution in [2.45, 2.75) is 30.2 Å². The molecule has 1 amide bonds. The average Bonchev–Trinajstić information content (AvgIpc) is 2.74. The molecule has 1 heterocycles. The molecule has 0 bridgehead atoms. The molecule has 3 rings (SSSR count). The van der Waals surface area contributed by atoms with Gasteiger partial charge in [-0.15, -0.1) is 0 Å². The third-order valence-corrected chi connectivity index (χ3v) is 6.77. The molecule has 1 fully saturated rings. The summed E-state index contributed by atoms with van der Waals surface area (Å²) in [6.07, 6.45) is 1.72. The SMILES string of the molecule is N#Cc1ccc(NC(=O)CCN2CCC(NS(=O)(=O)c3ccc(Cl)cc3)CC2)cc1. The summed E-state index contributed by atoms with van der Waals surface area (Å²) in [5.74, 6) is -0.0923. The van der Waals surface area contributed by atoms with Crippen LogP contribution in [0.25, 0.3) is 0 Å². The molecule has 1 aliphatic rings. The number of rotatable bonds is 7. The molecule has 0 atom stereocenters. The van der Waals surface area contributed by atoms with Crippen molar-refractivity contribution in [1.82, 2.24) is 9.62 Å². The first kappa shape index (κ1) is 22.2. The van der Waals surface area contributed by atoms with Crippen LogP contribution in [-0.4, -0.2) is 44.9 Å². The van der Waals surface area contributed by atoms with Crippen LogP contribution in [-0.2, 0) is 14.8 Å². The smallest absolute Gasteiger partial charge is 0.240 e. The zero-order chi connectivity index (χ0) is 21.6. The molecule has 1 saturated heterocycles. The second-order valence-corrected chi connectivity index (χ2v) is 9.33. The van der Waals surface area contributed by atoms with Gasteiger partial charge in [-0.2, -0.15) is 5.26 Å². The fourth-order valence-corrected chi connectivity index (χ4v) is 4.72. The number of likely N-dealkylation sites (tertiary alicyclic amines) is 1. The zero-order valence-electron chi connectivity index (χ0n) is 16.3. The summed E-state index contributed by atoms with van der Waals surface area (Å²) in [6.45, 7) is 2.05. The van der Waals surface area contributed by atoms with Gasteiger partial charge in [0, 0.05) is 29.7 Å². The number of halogens is 1. The third-order valence-electron chi connectivity index (χ3n) is 4.99. The molecule has 9 heteroatoms. The van der Waals surface area contributed by atoms with Crippen LogP contribution in [0.5, 0.6) is 0 Å². The maximum Gasteiger partial charge on any atom is 0.240 e. The fraction of sp³-hybridized carbons (Fsp3) is 0.333. The van der Waals surface area contributed by atoms with Crippen LogP contribution in [0, 0.1) is 11.3 Å². The predicted molar refractivity (Wildman–Crippen MR) is 116 cm³/mol. The number of amides is 1. The number of hydrogen-bond acceptors (Lipinski definition) is 5. The molecule has 2 N–H and O–H groups in total. The highest BCUT2D eigenvalue weighted by molar-refractivity contribution is 7.89. The number of anilines is 1.